The number of aromatic nitrogens is 3. The largest absolute Gasteiger partial charge is 0.481 e. The molecular formula is C22H23ClF2N4O3. The number of hydrogen-bond acceptors (Lipinski definition) is 5. The number of fused-ring (bicyclic) bond motifs is 1. The van der Waals surface area contributed by atoms with Crippen molar-refractivity contribution in [3.05, 3.63) is 68.9 Å². The lowest BCUT2D eigenvalue weighted by atomic mass is 10.0. The number of ether oxygens (including phenoxy) is 1. The molecule has 1 aliphatic rings. The van der Waals surface area contributed by atoms with E-state index in [1.807, 2.05) is 18.7 Å². The third-order valence-electron chi connectivity index (χ3n) is 5.54. The highest BCUT2D eigenvalue weighted by molar-refractivity contribution is 6.31. The Kier molecular flexibility index (Phi) is 5.96. The molecule has 3 aromatic rings. The first-order chi connectivity index (χ1) is 15.3. The molecule has 1 unspecified atom stereocenters. The second kappa shape index (κ2) is 8.55. The summed E-state index contributed by atoms with van der Waals surface area (Å²) in [5.74, 6) is -0.887. The molecule has 1 atom stereocenters. The summed E-state index contributed by atoms with van der Waals surface area (Å²) in [6.45, 7) is 5.73. The van der Waals surface area contributed by atoms with Gasteiger partial charge in [0.25, 0.3) is 0 Å². The molecule has 0 saturated heterocycles. The Morgan fingerprint density at radius 3 is 2.59 bits per heavy atom. The maximum absolute atomic E-state index is 15.1. The normalized spacial score (nSPS) is 15.8. The number of nitrogens with zero attached hydrogens (tertiary/aromatic N) is 4. The van der Waals surface area contributed by atoms with Gasteiger partial charge < -0.3 is 14.7 Å². The number of halogens is 3. The average Bonchev–Trinajstić information content (AvgIpc) is 3.07. The quantitative estimate of drug-likeness (QED) is 0.621. The van der Waals surface area contributed by atoms with Crippen LogP contribution in [0.25, 0.3) is 5.69 Å². The van der Waals surface area contributed by atoms with E-state index in [0.717, 1.165) is 10.7 Å². The summed E-state index contributed by atoms with van der Waals surface area (Å²) < 4.78 is 37.8. The number of benzene rings is 2. The van der Waals surface area contributed by atoms with Crippen LogP contribution in [0.15, 0.2) is 35.1 Å². The number of hydrogen-bond donors (Lipinski definition) is 1. The van der Waals surface area contributed by atoms with E-state index in [0.29, 0.717) is 5.69 Å². The highest BCUT2D eigenvalue weighted by atomic mass is 35.5. The van der Waals surface area contributed by atoms with E-state index in [4.69, 9.17) is 16.3 Å². The van der Waals surface area contributed by atoms with E-state index in [2.05, 4.69) is 5.10 Å². The van der Waals surface area contributed by atoms with Gasteiger partial charge in [-0.05, 0) is 39.0 Å². The Morgan fingerprint density at radius 1 is 1.25 bits per heavy atom. The fourth-order valence-corrected chi connectivity index (χ4v) is 4.25. The molecular weight excluding hydrogens is 442 g/mol. The first-order valence-electron chi connectivity index (χ1n) is 10.3. The van der Waals surface area contributed by atoms with Crippen LogP contribution >= 0.6 is 11.6 Å². The molecule has 4 rings (SSSR count). The smallest absolute Gasteiger partial charge is 0.350 e. The van der Waals surface area contributed by atoms with Crippen molar-refractivity contribution in [2.45, 2.75) is 46.1 Å². The zero-order chi connectivity index (χ0) is 23.2. The predicted octanol–water partition coefficient (Wildman–Crippen LogP) is 3.83. The molecule has 2 aromatic carbocycles. The summed E-state index contributed by atoms with van der Waals surface area (Å²) in [5.41, 5.74) is 0.135. The van der Waals surface area contributed by atoms with Gasteiger partial charge >= 0.3 is 5.69 Å². The van der Waals surface area contributed by atoms with Crippen LogP contribution in [0.5, 0.6) is 5.75 Å². The molecule has 2 heterocycles. The Hall–Kier alpha value is -2.91. The molecule has 170 valence electrons. The van der Waals surface area contributed by atoms with Gasteiger partial charge in [-0.1, -0.05) is 17.7 Å². The third-order valence-corrected chi connectivity index (χ3v) is 5.87. The van der Waals surface area contributed by atoms with Crippen molar-refractivity contribution in [1.82, 2.24) is 14.3 Å². The van der Waals surface area contributed by atoms with Gasteiger partial charge in [0.2, 0.25) is 0 Å². The Morgan fingerprint density at radius 2 is 2.00 bits per heavy atom. The van der Waals surface area contributed by atoms with Crippen LogP contribution in [-0.2, 0) is 13.2 Å². The Balaban J connectivity index is 1.84. The fourth-order valence-electron chi connectivity index (χ4n) is 3.97. The number of aliphatic hydroxyl groups is 1. The zero-order valence-electron chi connectivity index (χ0n) is 17.8. The summed E-state index contributed by atoms with van der Waals surface area (Å²) >= 11 is 6.23. The molecule has 0 bridgehead atoms. The topological polar surface area (TPSA) is 72.5 Å². The summed E-state index contributed by atoms with van der Waals surface area (Å²) in [7, 11) is 0. The van der Waals surface area contributed by atoms with Gasteiger partial charge in [0.1, 0.15) is 30.0 Å². The molecule has 1 aromatic heterocycles. The van der Waals surface area contributed by atoms with Crippen molar-refractivity contribution in [1.29, 1.82) is 0 Å². The van der Waals surface area contributed by atoms with Crippen molar-refractivity contribution >= 4 is 17.3 Å². The highest BCUT2D eigenvalue weighted by Crippen LogP contribution is 2.43. The van der Waals surface area contributed by atoms with Gasteiger partial charge in [-0.2, -0.15) is 4.68 Å². The predicted molar refractivity (Wildman–Crippen MR) is 117 cm³/mol. The van der Waals surface area contributed by atoms with Crippen molar-refractivity contribution in [2.75, 3.05) is 11.4 Å². The molecule has 0 fully saturated rings. The number of anilines is 1. The van der Waals surface area contributed by atoms with Gasteiger partial charge in [0.15, 0.2) is 11.6 Å². The molecule has 32 heavy (non-hydrogen) atoms. The molecule has 0 amide bonds. The van der Waals surface area contributed by atoms with Crippen LogP contribution < -0.4 is 15.3 Å². The molecule has 7 nitrogen and oxygen atoms in total. The zero-order valence-corrected chi connectivity index (χ0v) is 18.6. The Bertz CT molecular complexity index is 1200. The molecule has 10 heteroatoms. The van der Waals surface area contributed by atoms with E-state index in [9.17, 15) is 14.3 Å². The number of aliphatic hydroxyl groups excluding tert-OH is 1. The van der Waals surface area contributed by atoms with Crippen molar-refractivity contribution in [3.63, 3.8) is 0 Å². The molecule has 0 saturated carbocycles. The third kappa shape index (κ3) is 3.65. The second-order valence-corrected chi connectivity index (χ2v) is 8.18. The first-order valence-corrected chi connectivity index (χ1v) is 10.6. The summed E-state index contributed by atoms with van der Waals surface area (Å²) in [6, 6.07) is 7.01. The van der Waals surface area contributed by atoms with E-state index < -0.39 is 30.0 Å². The van der Waals surface area contributed by atoms with Gasteiger partial charge in [-0.15, -0.1) is 5.10 Å². The highest BCUT2D eigenvalue weighted by Gasteiger charge is 2.33. The van der Waals surface area contributed by atoms with Crippen LogP contribution in [0.4, 0.5) is 14.5 Å². The summed E-state index contributed by atoms with van der Waals surface area (Å²) in [5, 5.41) is 13.8. The monoisotopic (exact) mass is 464 g/mol. The van der Waals surface area contributed by atoms with Gasteiger partial charge in [0, 0.05) is 24.2 Å². The van der Waals surface area contributed by atoms with Gasteiger partial charge in [0.05, 0.1) is 17.3 Å². The summed E-state index contributed by atoms with van der Waals surface area (Å²) in [4.78, 5) is 14.6. The minimum absolute atomic E-state index is 0.0399. The molecule has 0 aliphatic carbocycles. The van der Waals surface area contributed by atoms with Crippen molar-refractivity contribution in [2.24, 2.45) is 0 Å². The van der Waals surface area contributed by atoms with E-state index >= 15 is 4.39 Å². The molecule has 0 radical (unpaired) electrons. The lowest BCUT2D eigenvalue weighted by molar-refractivity contribution is 0.188. The molecule has 1 aliphatic heterocycles. The number of rotatable bonds is 5. The average molecular weight is 465 g/mol. The van der Waals surface area contributed by atoms with E-state index in [1.54, 1.807) is 13.0 Å². The maximum atomic E-state index is 15.1. The summed E-state index contributed by atoms with van der Waals surface area (Å²) in [6.07, 6.45) is -0.744. The van der Waals surface area contributed by atoms with Crippen molar-refractivity contribution in [3.8, 4) is 11.4 Å². The van der Waals surface area contributed by atoms with E-state index in [1.165, 1.54) is 22.8 Å². The van der Waals surface area contributed by atoms with E-state index in [-0.39, 0.29) is 47.0 Å². The minimum atomic E-state index is -0.744. The molecule has 1 N–H and O–H groups in total. The SMILES string of the molecule is CCn1c(CO)nn(-c2cc3c(cc2F)OC(c2c(F)cccc2Cl)CN3C(C)C)c1=O. The standard InChI is InChI=1S/C22H23ClF2N4O3/c1-4-27-20(11-30)26-29(22(27)31)16-9-17-18(8-15(16)25)32-19(10-28(17)12(2)3)21-13(23)6-5-7-14(21)24/h5-9,12,19,30H,4,10-11H2,1-3H3. The minimum Gasteiger partial charge on any atom is -0.481 e. The fraction of sp³-hybridized carbons (Fsp3) is 0.364. The lowest BCUT2D eigenvalue weighted by Gasteiger charge is -2.39. The van der Waals surface area contributed by atoms with Gasteiger partial charge in [-0.25, -0.2) is 13.6 Å². The van der Waals surface area contributed by atoms with Crippen LogP contribution in [-0.4, -0.2) is 32.0 Å². The maximum Gasteiger partial charge on any atom is 0.350 e. The van der Waals surface area contributed by atoms with Gasteiger partial charge in [-0.3, -0.25) is 4.57 Å². The van der Waals surface area contributed by atoms with Crippen LogP contribution in [0.3, 0.4) is 0 Å². The van der Waals surface area contributed by atoms with Crippen molar-refractivity contribution < 1.29 is 18.6 Å². The Labute approximate surface area is 188 Å². The second-order valence-electron chi connectivity index (χ2n) is 7.77. The van der Waals surface area contributed by atoms with Crippen LogP contribution in [0, 0.1) is 11.6 Å². The first kappa shape index (κ1) is 22.3. The van der Waals surface area contributed by atoms with Crippen LogP contribution in [0.1, 0.15) is 38.3 Å². The van der Waals surface area contributed by atoms with Crippen LogP contribution in [0.2, 0.25) is 5.02 Å². The lowest BCUT2D eigenvalue weighted by Crippen LogP contribution is -2.40. The molecule has 0 spiro atoms.